The molecule has 0 saturated heterocycles. The molecule has 2 N–H and O–H groups in total. The first kappa shape index (κ1) is 16.3. The van der Waals surface area contributed by atoms with Crippen molar-refractivity contribution in [3.8, 4) is 5.75 Å². The van der Waals surface area contributed by atoms with Crippen LogP contribution in [0.25, 0.3) is 0 Å². The lowest BCUT2D eigenvalue weighted by Gasteiger charge is -2.14. The van der Waals surface area contributed by atoms with Crippen LogP contribution in [0.2, 0.25) is 5.02 Å². The summed E-state index contributed by atoms with van der Waals surface area (Å²) >= 11 is 14.6. The molecule has 0 aliphatic rings. The number of halogens is 2. The van der Waals surface area contributed by atoms with E-state index in [0.717, 1.165) is 32.5 Å². The summed E-state index contributed by atoms with van der Waals surface area (Å²) in [5, 5.41) is 0.680. The van der Waals surface area contributed by atoms with Crippen molar-refractivity contribution < 1.29 is 4.74 Å². The van der Waals surface area contributed by atoms with Gasteiger partial charge in [0.15, 0.2) is 0 Å². The molecule has 2 aromatic rings. The molecule has 0 aliphatic carbocycles. The van der Waals surface area contributed by atoms with Gasteiger partial charge >= 0.3 is 0 Å². The van der Waals surface area contributed by atoms with Gasteiger partial charge in [-0.25, -0.2) is 0 Å². The molecule has 21 heavy (non-hydrogen) atoms. The molecule has 0 bridgehead atoms. The van der Waals surface area contributed by atoms with Crippen molar-refractivity contribution in [1.82, 2.24) is 0 Å². The lowest BCUT2D eigenvalue weighted by Crippen LogP contribution is -2.10. The Labute approximate surface area is 143 Å². The zero-order valence-electron chi connectivity index (χ0n) is 11.7. The van der Waals surface area contributed by atoms with Crippen LogP contribution >= 0.6 is 39.7 Å². The Morgan fingerprint density at radius 1 is 1.24 bits per heavy atom. The van der Waals surface area contributed by atoms with Crippen molar-refractivity contribution in [1.29, 1.82) is 0 Å². The first-order chi connectivity index (χ1) is 9.88. The molecule has 0 amide bonds. The maximum absolute atomic E-state index is 6.20. The van der Waals surface area contributed by atoms with E-state index in [1.807, 2.05) is 44.2 Å². The van der Waals surface area contributed by atoms with Gasteiger partial charge in [0, 0.05) is 20.6 Å². The van der Waals surface area contributed by atoms with Crippen molar-refractivity contribution in [2.45, 2.75) is 20.5 Å². The van der Waals surface area contributed by atoms with Crippen molar-refractivity contribution >= 4 is 44.7 Å². The monoisotopic (exact) mass is 383 g/mol. The predicted molar refractivity (Wildman–Crippen MR) is 95.3 cm³/mol. The molecule has 2 aromatic carbocycles. The summed E-state index contributed by atoms with van der Waals surface area (Å²) in [4.78, 5) is 0.392. The zero-order chi connectivity index (χ0) is 15.6. The Kier molecular flexibility index (Phi) is 5.25. The summed E-state index contributed by atoms with van der Waals surface area (Å²) in [6.07, 6.45) is 0. The predicted octanol–water partition coefficient (Wildman–Crippen LogP) is 4.93. The highest BCUT2D eigenvalue weighted by Crippen LogP contribution is 2.28. The number of hydrogen-bond acceptors (Lipinski definition) is 2. The molecule has 0 saturated carbocycles. The minimum atomic E-state index is 0.392. The second-order valence-electron chi connectivity index (χ2n) is 4.83. The molecule has 0 aromatic heterocycles. The molecule has 2 nitrogen and oxygen atoms in total. The summed E-state index contributed by atoms with van der Waals surface area (Å²) in [6, 6.07) is 9.62. The van der Waals surface area contributed by atoms with E-state index in [2.05, 4.69) is 15.9 Å². The highest BCUT2D eigenvalue weighted by Gasteiger charge is 2.09. The van der Waals surface area contributed by atoms with E-state index >= 15 is 0 Å². The van der Waals surface area contributed by atoms with Crippen molar-refractivity contribution in [3.63, 3.8) is 0 Å². The smallest absolute Gasteiger partial charge is 0.125 e. The van der Waals surface area contributed by atoms with Crippen molar-refractivity contribution in [3.05, 3.63) is 62.1 Å². The molecule has 2 rings (SSSR count). The van der Waals surface area contributed by atoms with Gasteiger partial charge in [-0.05, 0) is 49.2 Å². The van der Waals surface area contributed by atoms with E-state index in [1.165, 1.54) is 0 Å². The molecular formula is C16H15BrClNOS. The topological polar surface area (TPSA) is 35.2 Å². The molecule has 0 spiro atoms. The highest BCUT2D eigenvalue weighted by molar-refractivity contribution is 9.10. The van der Waals surface area contributed by atoms with Gasteiger partial charge in [0.2, 0.25) is 0 Å². The fourth-order valence-corrected chi connectivity index (χ4v) is 2.95. The lowest BCUT2D eigenvalue weighted by atomic mass is 10.1. The van der Waals surface area contributed by atoms with Crippen LogP contribution in [0.4, 0.5) is 0 Å². The average molecular weight is 385 g/mol. The third-order valence-electron chi connectivity index (χ3n) is 3.13. The standard InChI is InChI=1S/C16H15BrClNOS/c1-9-5-12(16(19)21)6-10(2)15(9)20-8-11-3-4-13(17)7-14(11)18/h3-7H,8H2,1-2H3,(H2,19,21). The third kappa shape index (κ3) is 3.96. The molecule has 0 heterocycles. The minimum Gasteiger partial charge on any atom is -0.488 e. The van der Waals surface area contributed by atoms with Gasteiger partial charge in [0.1, 0.15) is 17.3 Å². The van der Waals surface area contributed by atoms with E-state index in [4.69, 9.17) is 34.3 Å². The molecule has 5 heteroatoms. The van der Waals surface area contributed by atoms with Crippen LogP contribution in [0.15, 0.2) is 34.8 Å². The molecule has 0 unspecified atom stereocenters. The Hall–Kier alpha value is -1.10. The van der Waals surface area contributed by atoms with E-state index in [9.17, 15) is 0 Å². The Morgan fingerprint density at radius 3 is 2.38 bits per heavy atom. The molecule has 0 radical (unpaired) electrons. The van der Waals surface area contributed by atoms with Gasteiger partial charge in [-0.2, -0.15) is 0 Å². The number of nitrogens with two attached hydrogens (primary N) is 1. The van der Waals surface area contributed by atoms with Gasteiger partial charge in [0.25, 0.3) is 0 Å². The number of benzene rings is 2. The third-order valence-corrected chi connectivity index (χ3v) is 4.21. The molecular weight excluding hydrogens is 370 g/mol. The highest BCUT2D eigenvalue weighted by atomic mass is 79.9. The summed E-state index contributed by atoms with van der Waals surface area (Å²) in [5.74, 6) is 0.842. The fraction of sp³-hybridized carbons (Fsp3) is 0.188. The van der Waals surface area contributed by atoms with Gasteiger partial charge in [-0.3, -0.25) is 0 Å². The quantitative estimate of drug-likeness (QED) is 0.759. The second-order valence-corrected chi connectivity index (χ2v) is 6.59. The second kappa shape index (κ2) is 6.77. The molecule has 0 aliphatic heterocycles. The fourth-order valence-electron chi connectivity index (χ4n) is 2.11. The van der Waals surface area contributed by atoms with Crippen LogP contribution in [0, 0.1) is 13.8 Å². The Balaban J connectivity index is 2.22. The van der Waals surface area contributed by atoms with Crippen molar-refractivity contribution in [2.24, 2.45) is 5.73 Å². The van der Waals surface area contributed by atoms with Crippen molar-refractivity contribution in [2.75, 3.05) is 0 Å². The molecule has 0 fully saturated rings. The lowest BCUT2D eigenvalue weighted by molar-refractivity contribution is 0.302. The Bertz CT molecular complexity index is 680. The number of ether oxygens (including phenoxy) is 1. The largest absolute Gasteiger partial charge is 0.488 e. The minimum absolute atomic E-state index is 0.392. The maximum atomic E-state index is 6.20. The van der Waals surface area contributed by atoms with E-state index in [-0.39, 0.29) is 0 Å². The number of aryl methyl sites for hydroxylation is 2. The number of thiocarbonyl (C=S) groups is 1. The first-order valence-electron chi connectivity index (χ1n) is 6.36. The van der Waals surface area contributed by atoms with Crippen LogP contribution in [0.1, 0.15) is 22.3 Å². The van der Waals surface area contributed by atoms with Gasteiger partial charge in [0.05, 0.1) is 0 Å². The van der Waals surface area contributed by atoms with Gasteiger partial charge < -0.3 is 10.5 Å². The van der Waals surface area contributed by atoms with E-state index < -0.39 is 0 Å². The van der Waals surface area contributed by atoms with Gasteiger partial charge in [-0.15, -0.1) is 0 Å². The summed E-state index contributed by atoms with van der Waals surface area (Å²) in [5.41, 5.74) is 9.48. The summed E-state index contributed by atoms with van der Waals surface area (Å²) < 4.78 is 6.87. The maximum Gasteiger partial charge on any atom is 0.125 e. The van der Waals surface area contributed by atoms with Crippen LogP contribution < -0.4 is 10.5 Å². The van der Waals surface area contributed by atoms with Gasteiger partial charge in [-0.1, -0.05) is 45.8 Å². The molecule has 110 valence electrons. The Morgan fingerprint density at radius 2 is 1.86 bits per heavy atom. The van der Waals surface area contributed by atoms with E-state index in [0.29, 0.717) is 16.6 Å². The first-order valence-corrected chi connectivity index (χ1v) is 7.94. The summed E-state index contributed by atoms with van der Waals surface area (Å²) in [7, 11) is 0. The SMILES string of the molecule is Cc1cc(C(N)=S)cc(C)c1OCc1ccc(Br)cc1Cl. The molecule has 0 atom stereocenters. The normalized spacial score (nSPS) is 10.5. The summed E-state index contributed by atoms with van der Waals surface area (Å²) in [6.45, 7) is 4.38. The van der Waals surface area contributed by atoms with Crippen LogP contribution in [0.5, 0.6) is 5.75 Å². The number of hydrogen-bond donors (Lipinski definition) is 1. The number of rotatable bonds is 4. The van der Waals surface area contributed by atoms with E-state index in [1.54, 1.807) is 0 Å². The van der Waals surface area contributed by atoms with Crippen LogP contribution in [-0.2, 0) is 6.61 Å². The van der Waals surface area contributed by atoms with Crippen LogP contribution in [0.3, 0.4) is 0 Å². The van der Waals surface area contributed by atoms with Crippen LogP contribution in [-0.4, -0.2) is 4.99 Å². The zero-order valence-corrected chi connectivity index (χ0v) is 14.9. The average Bonchev–Trinajstić information content (AvgIpc) is 2.39.